The van der Waals surface area contributed by atoms with Crippen molar-refractivity contribution >= 4 is 0 Å². The summed E-state index contributed by atoms with van der Waals surface area (Å²) in [6.07, 6.45) is 10.6. The molecule has 102 valence electrons. The fourth-order valence-electron chi connectivity index (χ4n) is 3.14. The number of aryl methyl sites for hydroxylation is 1. The van der Waals surface area contributed by atoms with Gasteiger partial charge in [-0.1, -0.05) is 26.2 Å². The van der Waals surface area contributed by atoms with E-state index in [1.807, 2.05) is 0 Å². The summed E-state index contributed by atoms with van der Waals surface area (Å²) in [7, 11) is 0. The quantitative estimate of drug-likeness (QED) is 0.806. The van der Waals surface area contributed by atoms with Gasteiger partial charge in [0.25, 0.3) is 0 Å². The molecule has 1 fully saturated rings. The van der Waals surface area contributed by atoms with Gasteiger partial charge < -0.3 is 9.88 Å². The number of hydrogen-bond donors (Lipinski definition) is 1. The summed E-state index contributed by atoms with van der Waals surface area (Å²) in [5.74, 6) is 0.897. The Morgan fingerprint density at radius 1 is 1.33 bits per heavy atom. The van der Waals surface area contributed by atoms with Crippen molar-refractivity contribution in [2.24, 2.45) is 5.92 Å². The zero-order valence-corrected chi connectivity index (χ0v) is 12.0. The predicted molar refractivity (Wildman–Crippen MR) is 77.6 cm³/mol. The van der Waals surface area contributed by atoms with Crippen LogP contribution in [0.4, 0.5) is 0 Å². The van der Waals surface area contributed by atoms with Crippen molar-refractivity contribution in [2.75, 3.05) is 0 Å². The van der Waals surface area contributed by atoms with Crippen LogP contribution in [-0.4, -0.2) is 10.6 Å². The minimum absolute atomic E-state index is 0.662. The first kappa shape index (κ1) is 13.7. The SMILES string of the molecule is CCCn1cccc1CN[C@H](C)C1CCCCC1. The average Bonchev–Trinajstić information content (AvgIpc) is 2.85. The monoisotopic (exact) mass is 248 g/mol. The molecular formula is C16H28N2. The van der Waals surface area contributed by atoms with Crippen LogP contribution in [0, 0.1) is 5.92 Å². The maximum absolute atomic E-state index is 3.73. The molecule has 1 heterocycles. The van der Waals surface area contributed by atoms with Gasteiger partial charge in [-0.2, -0.15) is 0 Å². The van der Waals surface area contributed by atoms with Gasteiger partial charge in [0.2, 0.25) is 0 Å². The number of rotatable bonds is 6. The third-order valence-electron chi connectivity index (χ3n) is 4.35. The highest BCUT2D eigenvalue weighted by Gasteiger charge is 2.19. The second kappa shape index (κ2) is 6.98. The molecule has 1 atom stereocenters. The third-order valence-corrected chi connectivity index (χ3v) is 4.35. The summed E-state index contributed by atoms with van der Waals surface area (Å²) in [4.78, 5) is 0. The van der Waals surface area contributed by atoms with Crippen molar-refractivity contribution in [2.45, 2.75) is 71.5 Å². The molecule has 0 bridgehead atoms. The van der Waals surface area contributed by atoms with Crippen LogP contribution in [-0.2, 0) is 13.1 Å². The summed E-state index contributed by atoms with van der Waals surface area (Å²) in [5, 5.41) is 3.73. The Bertz CT molecular complexity index is 337. The van der Waals surface area contributed by atoms with E-state index in [4.69, 9.17) is 0 Å². The molecule has 1 aromatic rings. The molecule has 18 heavy (non-hydrogen) atoms. The zero-order valence-electron chi connectivity index (χ0n) is 12.0. The largest absolute Gasteiger partial charge is 0.350 e. The molecule has 0 spiro atoms. The van der Waals surface area contributed by atoms with Crippen molar-refractivity contribution in [1.82, 2.24) is 9.88 Å². The molecule has 1 N–H and O–H groups in total. The molecule has 2 nitrogen and oxygen atoms in total. The topological polar surface area (TPSA) is 17.0 Å². The lowest BCUT2D eigenvalue weighted by molar-refractivity contribution is 0.279. The van der Waals surface area contributed by atoms with Crippen molar-refractivity contribution in [3.05, 3.63) is 24.0 Å². The maximum Gasteiger partial charge on any atom is 0.0361 e. The average molecular weight is 248 g/mol. The van der Waals surface area contributed by atoms with Gasteiger partial charge in [-0.05, 0) is 44.2 Å². The smallest absolute Gasteiger partial charge is 0.0361 e. The zero-order chi connectivity index (χ0) is 12.8. The molecule has 0 amide bonds. The molecule has 1 aromatic heterocycles. The van der Waals surface area contributed by atoms with Crippen molar-refractivity contribution in [1.29, 1.82) is 0 Å². The van der Waals surface area contributed by atoms with Crippen molar-refractivity contribution in [3.8, 4) is 0 Å². The highest BCUT2D eigenvalue weighted by atomic mass is 15.0. The Morgan fingerprint density at radius 3 is 2.83 bits per heavy atom. The molecule has 0 radical (unpaired) electrons. The van der Waals surface area contributed by atoms with Crippen LogP contribution in [0.15, 0.2) is 18.3 Å². The maximum atomic E-state index is 3.73. The van der Waals surface area contributed by atoms with Gasteiger partial charge in [0.05, 0.1) is 0 Å². The molecule has 2 heteroatoms. The van der Waals surface area contributed by atoms with E-state index in [-0.39, 0.29) is 0 Å². The fourth-order valence-corrected chi connectivity index (χ4v) is 3.14. The molecule has 0 unspecified atom stereocenters. The van der Waals surface area contributed by atoms with Gasteiger partial charge in [-0.25, -0.2) is 0 Å². The van der Waals surface area contributed by atoms with E-state index in [9.17, 15) is 0 Å². The van der Waals surface area contributed by atoms with Crippen LogP contribution in [0.1, 0.15) is 58.1 Å². The van der Waals surface area contributed by atoms with Gasteiger partial charge >= 0.3 is 0 Å². The van der Waals surface area contributed by atoms with Crippen LogP contribution in [0.2, 0.25) is 0 Å². The number of hydrogen-bond acceptors (Lipinski definition) is 1. The van der Waals surface area contributed by atoms with Crippen LogP contribution < -0.4 is 5.32 Å². The van der Waals surface area contributed by atoms with Gasteiger partial charge in [-0.15, -0.1) is 0 Å². The van der Waals surface area contributed by atoms with Gasteiger partial charge in [0.1, 0.15) is 0 Å². The predicted octanol–water partition coefficient (Wildman–Crippen LogP) is 3.96. The summed E-state index contributed by atoms with van der Waals surface area (Å²) in [6, 6.07) is 5.07. The lowest BCUT2D eigenvalue weighted by atomic mass is 9.84. The first-order chi connectivity index (χ1) is 8.81. The highest BCUT2D eigenvalue weighted by Crippen LogP contribution is 2.26. The van der Waals surface area contributed by atoms with Gasteiger partial charge in [0, 0.05) is 31.0 Å². The van der Waals surface area contributed by atoms with E-state index in [1.165, 1.54) is 44.2 Å². The number of aromatic nitrogens is 1. The lowest BCUT2D eigenvalue weighted by Gasteiger charge is -2.28. The second-order valence-electron chi connectivity index (χ2n) is 5.76. The second-order valence-corrected chi connectivity index (χ2v) is 5.76. The molecule has 2 rings (SSSR count). The summed E-state index contributed by atoms with van der Waals surface area (Å²) in [6.45, 7) is 6.76. The normalized spacial score (nSPS) is 19.0. The molecule has 0 aromatic carbocycles. The standard InChI is InChI=1S/C16H28N2/c1-3-11-18-12-7-10-16(18)13-17-14(2)15-8-5-4-6-9-15/h7,10,12,14-15,17H,3-6,8-9,11,13H2,1-2H3/t14-/m1/s1. The highest BCUT2D eigenvalue weighted by molar-refractivity contribution is 5.07. The van der Waals surface area contributed by atoms with E-state index in [0.29, 0.717) is 6.04 Å². The van der Waals surface area contributed by atoms with Crippen LogP contribution >= 0.6 is 0 Å². The van der Waals surface area contributed by atoms with Gasteiger partial charge in [0.15, 0.2) is 0 Å². The minimum atomic E-state index is 0.662. The molecule has 0 aliphatic heterocycles. The van der Waals surface area contributed by atoms with Crippen molar-refractivity contribution < 1.29 is 0 Å². The molecule has 1 saturated carbocycles. The van der Waals surface area contributed by atoms with E-state index in [0.717, 1.165) is 19.0 Å². The first-order valence-electron chi connectivity index (χ1n) is 7.68. The van der Waals surface area contributed by atoms with Crippen LogP contribution in [0.3, 0.4) is 0 Å². The third kappa shape index (κ3) is 3.61. The Balaban J connectivity index is 1.80. The first-order valence-corrected chi connectivity index (χ1v) is 7.68. The van der Waals surface area contributed by atoms with E-state index in [1.54, 1.807) is 0 Å². The Morgan fingerprint density at radius 2 is 2.11 bits per heavy atom. The van der Waals surface area contributed by atoms with E-state index in [2.05, 4.69) is 42.1 Å². The fraction of sp³-hybridized carbons (Fsp3) is 0.750. The minimum Gasteiger partial charge on any atom is -0.350 e. The molecule has 1 aliphatic rings. The Kier molecular flexibility index (Phi) is 5.30. The number of nitrogens with zero attached hydrogens (tertiary/aromatic N) is 1. The Labute approximate surface area is 112 Å². The number of nitrogens with one attached hydrogen (secondary N) is 1. The van der Waals surface area contributed by atoms with E-state index >= 15 is 0 Å². The summed E-state index contributed by atoms with van der Waals surface area (Å²) >= 11 is 0. The summed E-state index contributed by atoms with van der Waals surface area (Å²) in [5.41, 5.74) is 1.43. The summed E-state index contributed by atoms with van der Waals surface area (Å²) < 4.78 is 2.38. The Hall–Kier alpha value is -0.760. The molecule has 0 saturated heterocycles. The molecule has 1 aliphatic carbocycles. The van der Waals surface area contributed by atoms with Crippen LogP contribution in [0.5, 0.6) is 0 Å². The molecular weight excluding hydrogens is 220 g/mol. The van der Waals surface area contributed by atoms with Crippen molar-refractivity contribution in [3.63, 3.8) is 0 Å². The lowest BCUT2D eigenvalue weighted by Crippen LogP contribution is -2.34. The van der Waals surface area contributed by atoms with E-state index < -0.39 is 0 Å². The van der Waals surface area contributed by atoms with Gasteiger partial charge in [-0.3, -0.25) is 0 Å². The van der Waals surface area contributed by atoms with Crippen LogP contribution in [0.25, 0.3) is 0 Å².